The van der Waals surface area contributed by atoms with Crippen LogP contribution in [-0.4, -0.2) is 29.1 Å². The van der Waals surface area contributed by atoms with Crippen molar-refractivity contribution in [1.82, 2.24) is 10.1 Å². The van der Waals surface area contributed by atoms with Crippen LogP contribution in [-0.2, 0) is 11.2 Å². The van der Waals surface area contributed by atoms with Gasteiger partial charge in [-0.1, -0.05) is 12.1 Å². The Morgan fingerprint density at radius 3 is 2.70 bits per heavy atom. The third-order valence-electron chi connectivity index (χ3n) is 4.79. The van der Waals surface area contributed by atoms with Crippen molar-refractivity contribution in [3.8, 4) is 5.75 Å². The second-order valence-corrected chi connectivity index (χ2v) is 6.79. The van der Waals surface area contributed by atoms with Gasteiger partial charge in [0.25, 0.3) is 0 Å². The number of nitrogens with one attached hydrogen (secondary N) is 2. The SMILES string of the molecule is CCc1noc2ccc(Nc3cc(NC(=O)C4CC4)ncc3C(=O)[O-])c(OC)c12.[Li+]. The number of rotatable bonds is 7. The van der Waals surface area contributed by atoms with E-state index in [-0.39, 0.29) is 47.8 Å². The van der Waals surface area contributed by atoms with E-state index < -0.39 is 5.97 Å². The Morgan fingerprint density at radius 2 is 2.07 bits per heavy atom. The first-order valence-corrected chi connectivity index (χ1v) is 9.26. The van der Waals surface area contributed by atoms with Gasteiger partial charge in [-0.25, -0.2) is 4.98 Å². The predicted octanol–water partition coefficient (Wildman–Crippen LogP) is -0.747. The fourth-order valence-corrected chi connectivity index (χ4v) is 3.12. The molecular weight excluding hydrogens is 383 g/mol. The molecule has 2 N–H and O–H groups in total. The summed E-state index contributed by atoms with van der Waals surface area (Å²) in [4.78, 5) is 27.6. The van der Waals surface area contributed by atoms with Crippen LogP contribution in [0.2, 0.25) is 0 Å². The molecular formula is C20H19LiN4O5. The minimum Gasteiger partial charge on any atom is -0.545 e. The van der Waals surface area contributed by atoms with Crippen molar-refractivity contribution in [2.24, 2.45) is 5.92 Å². The molecule has 1 fully saturated rings. The Morgan fingerprint density at radius 1 is 1.30 bits per heavy atom. The van der Waals surface area contributed by atoms with Gasteiger partial charge in [0.15, 0.2) is 11.3 Å². The third-order valence-corrected chi connectivity index (χ3v) is 4.79. The minimum absolute atomic E-state index is 0. The van der Waals surface area contributed by atoms with E-state index >= 15 is 0 Å². The fourth-order valence-electron chi connectivity index (χ4n) is 3.12. The molecule has 0 unspecified atom stereocenters. The number of pyridine rings is 1. The normalized spacial score (nSPS) is 12.9. The van der Waals surface area contributed by atoms with Crippen LogP contribution in [0.4, 0.5) is 17.2 Å². The second kappa shape index (κ2) is 8.77. The number of carboxylic acid groups (broad SMARTS) is 1. The number of carbonyl (C=O) groups excluding carboxylic acids is 2. The zero-order chi connectivity index (χ0) is 20.5. The molecule has 1 amide bonds. The molecule has 0 saturated heterocycles. The summed E-state index contributed by atoms with van der Waals surface area (Å²) >= 11 is 0. The Hall–Kier alpha value is -3.02. The minimum atomic E-state index is -1.39. The van der Waals surface area contributed by atoms with Gasteiger partial charge in [-0.15, -0.1) is 0 Å². The van der Waals surface area contributed by atoms with Crippen LogP contribution in [0.5, 0.6) is 5.75 Å². The van der Waals surface area contributed by atoms with E-state index in [1.165, 1.54) is 13.2 Å². The molecule has 1 aliphatic carbocycles. The van der Waals surface area contributed by atoms with Gasteiger partial charge in [-0.2, -0.15) is 0 Å². The molecule has 0 radical (unpaired) electrons. The third kappa shape index (κ3) is 4.13. The van der Waals surface area contributed by atoms with E-state index in [0.29, 0.717) is 28.8 Å². The number of carboxylic acids is 1. The number of carbonyl (C=O) groups is 2. The number of anilines is 3. The number of ether oxygens (including phenoxy) is 1. The summed E-state index contributed by atoms with van der Waals surface area (Å²) in [6.45, 7) is 1.95. The molecule has 1 aliphatic rings. The molecule has 150 valence electrons. The van der Waals surface area contributed by atoms with Crippen LogP contribution >= 0.6 is 0 Å². The molecule has 9 nitrogen and oxygen atoms in total. The zero-order valence-electron chi connectivity index (χ0n) is 16.9. The van der Waals surface area contributed by atoms with E-state index in [1.54, 1.807) is 12.1 Å². The van der Waals surface area contributed by atoms with Gasteiger partial charge in [0.1, 0.15) is 5.82 Å². The van der Waals surface area contributed by atoms with Crippen molar-refractivity contribution < 1.29 is 42.8 Å². The summed E-state index contributed by atoms with van der Waals surface area (Å²) in [7, 11) is 1.51. The molecule has 3 aromatic rings. The quantitative estimate of drug-likeness (QED) is 0.494. The number of fused-ring (bicyclic) bond motifs is 1. The van der Waals surface area contributed by atoms with Gasteiger partial charge >= 0.3 is 18.9 Å². The topological polar surface area (TPSA) is 129 Å². The second-order valence-electron chi connectivity index (χ2n) is 6.79. The molecule has 2 heterocycles. The predicted molar refractivity (Wildman–Crippen MR) is 103 cm³/mol. The average molecular weight is 402 g/mol. The van der Waals surface area contributed by atoms with Crippen LogP contribution in [0.25, 0.3) is 11.0 Å². The first-order valence-electron chi connectivity index (χ1n) is 9.26. The van der Waals surface area contributed by atoms with E-state index in [9.17, 15) is 14.7 Å². The number of hydrogen-bond donors (Lipinski definition) is 2. The van der Waals surface area contributed by atoms with Crippen LogP contribution in [0.3, 0.4) is 0 Å². The zero-order valence-corrected chi connectivity index (χ0v) is 16.9. The first-order chi connectivity index (χ1) is 14.0. The van der Waals surface area contributed by atoms with Gasteiger partial charge in [0, 0.05) is 23.7 Å². The summed E-state index contributed by atoms with van der Waals surface area (Å²) in [5.74, 6) is -0.781. The summed E-state index contributed by atoms with van der Waals surface area (Å²) in [6, 6.07) is 4.89. The van der Waals surface area contributed by atoms with Crippen molar-refractivity contribution in [3.63, 3.8) is 0 Å². The number of amides is 1. The molecule has 0 bridgehead atoms. The number of nitrogens with zero attached hydrogens (tertiary/aromatic N) is 2. The van der Waals surface area contributed by atoms with Gasteiger partial charge < -0.3 is 29.8 Å². The smallest absolute Gasteiger partial charge is 0.545 e. The van der Waals surface area contributed by atoms with E-state index in [0.717, 1.165) is 24.7 Å². The summed E-state index contributed by atoms with van der Waals surface area (Å²) < 4.78 is 10.9. The number of hydrogen-bond acceptors (Lipinski definition) is 8. The van der Waals surface area contributed by atoms with E-state index in [2.05, 4.69) is 20.8 Å². The number of methoxy groups -OCH3 is 1. The number of aryl methyl sites for hydroxylation is 1. The fraction of sp³-hybridized carbons (Fsp3) is 0.300. The van der Waals surface area contributed by atoms with Crippen molar-refractivity contribution >= 4 is 40.0 Å². The van der Waals surface area contributed by atoms with Crippen molar-refractivity contribution in [3.05, 3.63) is 35.7 Å². The van der Waals surface area contributed by atoms with Crippen LogP contribution in [0, 0.1) is 5.92 Å². The standard InChI is InChI=1S/C20H20N4O5.Li/c1-3-12-17-15(29-24-12)7-6-13(18(17)28-2)22-14-8-16(21-9-11(14)20(26)27)23-19(25)10-4-5-10;/h6-10H,3-5H2,1-2H3,(H,26,27)(H2,21,22,23,25);/q;+1/p-1. The van der Waals surface area contributed by atoms with E-state index in [1.807, 2.05) is 6.92 Å². The molecule has 1 saturated carbocycles. The van der Waals surface area contributed by atoms with Gasteiger partial charge in [0.05, 0.1) is 35.5 Å². The van der Waals surface area contributed by atoms with Crippen molar-refractivity contribution in [2.45, 2.75) is 26.2 Å². The maximum Gasteiger partial charge on any atom is 1.00 e. The monoisotopic (exact) mass is 402 g/mol. The van der Waals surface area contributed by atoms with Gasteiger partial charge in [0.2, 0.25) is 5.91 Å². The number of aromatic nitrogens is 2. The summed E-state index contributed by atoms with van der Waals surface area (Å²) in [5.41, 5.74) is 1.89. The molecule has 0 atom stereocenters. The number of benzene rings is 1. The van der Waals surface area contributed by atoms with E-state index in [4.69, 9.17) is 9.26 Å². The molecule has 4 rings (SSSR count). The summed E-state index contributed by atoms with van der Waals surface area (Å²) in [6.07, 6.45) is 3.50. The summed E-state index contributed by atoms with van der Waals surface area (Å²) in [5, 5.41) is 22.1. The maximum absolute atomic E-state index is 12.0. The Kier molecular flexibility index (Phi) is 6.34. The Balaban J connectivity index is 0.00000256. The Labute approximate surface area is 184 Å². The van der Waals surface area contributed by atoms with Crippen LogP contribution < -0.4 is 39.3 Å². The Bertz CT molecular complexity index is 1110. The van der Waals surface area contributed by atoms with Crippen LogP contribution in [0.1, 0.15) is 35.8 Å². The van der Waals surface area contributed by atoms with Crippen LogP contribution in [0.15, 0.2) is 28.9 Å². The largest absolute Gasteiger partial charge is 1.00 e. The molecule has 0 aliphatic heterocycles. The first kappa shape index (κ1) is 21.7. The molecule has 2 aromatic heterocycles. The molecule has 10 heteroatoms. The van der Waals surface area contributed by atoms with Crippen molar-refractivity contribution in [2.75, 3.05) is 17.7 Å². The molecule has 1 aromatic carbocycles. The molecule has 0 spiro atoms. The number of aromatic carboxylic acids is 1. The average Bonchev–Trinajstić information content (AvgIpc) is 3.48. The maximum atomic E-state index is 12.0. The van der Waals surface area contributed by atoms with Gasteiger partial charge in [-0.3, -0.25) is 4.79 Å². The van der Waals surface area contributed by atoms with Gasteiger partial charge in [-0.05, 0) is 31.4 Å². The molecule has 30 heavy (non-hydrogen) atoms. The van der Waals surface area contributed by atoms with Crippen molar-refractivity contribution in [1.29, 1.82) is 0 Å².